The van der Waals surface area contributed by atoms with E-state index in [2.05, 4.69) is 5.32 Å². The molecule has 0 unspecified atom stereocenters. The van der Waals surface area contributed by atoms with Gasteiger partial charge in [0.25, 0.3) is 0 Å². The second kappa shape index (κ2) is 10.3. The molecular formula is C15H25NO4. The Hall–Kier alpha value is -1.46. The molecule has 0 heterocycles. The summed E-state index contributed by atoms with van der Waals surface area (Å²) in [5.41, 5.74) is 0. The van der Waals surface area contributed by atoms with Crippen molar-refractivity contribution in [2.45, 2.75) is 12.8 Å². The third kappa shape index (κ3) is 5.67. The lowest BCUT2D eigenvalue weighted by Crippen LogP contribution is -2.20. The summed E-state index contributed by atoms with van der Waals surface area (Å²) in [6, 6.07) is 5.61. The highest BCUT2D eigenvalue weighted by Crippen LogP contribution is 2.36. The van der Waals surface area contributed by atoms with E-state index in [4.69, 9.17) is 18.9 Å². The Morgan fingerprint density at radius 1 is 0.900 bits per heavy atom. The van der Waals surface area contributed by atoms with Crippen LogP contribution >= 0.6 is 0 Å². The Kier molecular flexibility index (Phi) is 8.58. The van der Waals surface area contributed by atoms with Crippen molar-refractivity contribution in [3.05, 3.63) is 18.2 Å². The first-order valence-corrected chi connectivity index (χ1v) is 6.87. The highest BCUT2D eigenvalue weighted by Gasteiger charge is 2.10. The second-order valence-corrected chi connectivity index (χ2v) is 4.29. The average Bonchev–Trinajstić information content (AvgIpc) is 2.49. The molecule has 5 heteroatoms. The van der Waals surface area contributed by atoms with Crippen molar-refractivity contribution in [3.8, 4) is 17.2 Å². The molecule has 0 spiro atoms. The molecular weight excluding hydrogens is 258 g/mol. The molecule has 0 aliphatic heterocycles. The van der Waals surface area contributed by atoms with E-state index >= 15 is 0 Å². The van der Waals surface area contributed by atoms with E-state index < -0.39 is 0 Å². The normalized spacial score (nSPS) is 10.3. The number of ether oxygens (including phenoxy) is 4. The summed E-state index contributed by atoms with van der Waals surface area (Å²) in [5, 5.41) is 3.30. The van der Waals surface area contributed by atoms with Gasteiger partial charge in [0.15, 0.2) is 11.5 Å². The first kappa shape index (κ1) is 16.6. The van der Waals surface area contributed by atoms with Crippen molar-refractivity contribution < 1.29 is 18.9 Å². The van der Waals surface area contributed by atoms with E-state index in [1.165, 1.54) is 0 Å². The van der Waals surface area contributed by atoms with Gasteiger partial charge in [0.2, 0.25) is 5.75 Å². The van der Waals surface area contributed by atoms with E-state index in [9.17, 15) is 0 Å². The molecule has 0 aliphatic rings. The van der Waals surface area contributed by atoms with Gasteiger partial charge in [-0.25, -0.2) is 0 Å². The van der Waals surface area contributed by atoms with E-state index in [0.29, 0.717) is 23.9 Å². The molecule has 0 radical (unpaired) electrons. The van der Waals surface area contributed by atoms with Gasteiger partial charge in [-0.2, -0.15) is 0 Å². The third-order valence-electron chi connectivity index (χ3n) is 2.86. The van der Waals surface area contributed by atoms with E-state index in [0.717, 1.165) is 32.5 Å². The van der Waals surface area contributed by atoms with Crippen molar-refractivity contribution in [2.24, 2.45) is 0 Å². The SMILES string of the molecule is COCCNCCCCOc1c(OC)cccc1OC. The zero-order valence-electron chi connectivity index (χ0n) is 12.6. The summed E-state index contributed by atoms with van der Waals surface area (Å²) in [5.74, 6) is 2.06. The smallest absolute Gasteiger partial charge is 0.203 e. The summed E-state index contributed by atoms with van der Waals surface area (Å²) in [6.45, 7) is 3.24. The fraction of sp³-hybridized carbons (Fsp3) is 0.600. The fourth-order valence-electron chi connectivity index (χ4n) is 1.78. The van der Waals surface area contributed by atoms with Gasteiger partial charge in [0.1, 0.15) is 0 Å². The number of unbranched alkanes of at least 4 members (excludes halogenated alkanes) is 1. The van der Waals surface area contributed by atoms with Crippen LogP contribution in [0.5, 0.6) is 17.2 Å². The average molecular weight is 283 g/mol. The maximum Gasteiger partial charge on any atom is 0.203 e. The van der Waals surface area contributed by atoms with Crippen LogP contribution in [0.1, 0.15) is 12.8 Å². The van der Waals surface area contributed by atoms with Gasteiger partial charge in [0.05, 0.1) is 27.4 Å². The summed E-state index contributed by atoms with van der Waals surface area (Å²) < 4.78 is 21.3. The fourth-order valence-corrected chi connectivity index (χ4v) is 1.78. The van der Waals surface area contributed by atoms with Gasteiger partial charge in [-0.1, -0.05) is 6.07 Å². The van der Waals surface area contributed by atoms with Crippen molar-refractivity contribution in [2.75, 3.05) is 47.6 Å². The zero-order chi connectivity index (χ0) is 14.6. The topological polar surface area (TPSA) is 49.0 Å². The van der Waals surface area contributed by atoms with Crippen LogP contribution < -0.4 is 19.5 Å². The standard InChI is InChI=1S/C15H25NO4/c1-17-12-10-16-9-4-5-11-20-15-13(18-2)7-6-8-14(15)19-3/h6-8,16H,4-5,9-12H2,1-3H3. The molecule has 0 saturated heterocycles. The Balaban J connectivity index is 2.27. The van der Waals surface area contributed by atoms with Gasteiger partial charge < -0.3 is 24.3 Å². The lowest BCUT2D eigenvalue weighted by Gasteiger charge is -2.14. The maximum absolute atomic E-state index is 5.78. The molecule has 1 N–H and O–H groups in total. The number of benzene rings is 1. The molecule has 0 fully saturated rings. The first-order chi connectivity index (χ1) is 9.83. The van der Waals surface area contributed by atoms with E-state index in [1.54, 1.807) is 21.3 Å². The molecule has 0 aliphatic carbocycles. The van der Waals surface area contributed by atoms with Crippen LogP contribution in [-0.4, -0.2) is 47.6 Å². The minimum absolute atomic E-state index is 0.642. The number of methoxy groups -OCH3 is 3. The third-order valence-corrected chi connectivity index (χ3v) is 2.86. The number of rotatable bonds is 11. The van der Waals surface area contributed by atoms with Crippen LogP contribution in [-0.2, 0) is 4.74 Å². The maximum atomic E-state index is 5.78. The summed E-state index contributed by atoms with van der Waals surface area (Å²) >= 11 is 0. The molecule has 1 aromatic carbocycles. The molecule has 5 nitrogen and oxygen atoms in total. The Labute approximate surface area is 121 Å². The number of nitrogens with one attached hydrogen (secondary N) is 1. The van der Waals surface area contributed by atoms with Crippen LogP contribution in [0.3, 0.4) is 0 Å². The molecule has 0 bridgehead atoms. The minimum Gasteiger partial charge on any atom is -0.493 e. The van der Waals surface area contributed by atoms with Gasteiger partial charge in [-0.3, -0.25) is 0 Å². The second-order valence-electron chi connectivity index (χ2n) is 4.29. The monoisotopic (exact) mass is 283 g/mol. The number of para-hydroxylation sites is 1. The first-order valence-electron chi connectivity index (χ1n) is 6.87. The van der Waals surface area contributed by atoms with Gasteiger partial charge >= 0.3 is 0 Å². The van der Waals surface area contributed by atoms with E-state index in [-0.39, 0.29) is 0 Å². The zero-order valence-corrected chi connectivity index (χ0v) is 12.6. The van der Waals surface area contributed by atoms with E-state index in [1.807, 2.05) is 18.2 Å². The molecule has 1 aromatic rings. The predicted octanol–water partition coefficient (Wildman–Crippen LogP) is 2.10. The van der Waals surface area contributed by atoms with Gasteiger partial charge in [0, 0.05) is 13.7 Å². The quantitative estimate of drug-likeness (QED) is 0.630. The highest BCUT2D eigenvalue weighted by molar-refractivity contribution is 5.51. The molecule has 0 saturated carbocycles. The van der Waals surface area contributed by atoms with Crippen LogP contribution in [0.2, 0.25) is 0 Å². The predicted molar refractivity (Wildman–Crippen MR) is 79.0 cm³/mol. The Morgan fingerprint density at radius 3 is 2.20 bits per heavy atom. The molecule has 20 heavy (non-hydrogen) atoms. The van der Waals surface area contributed by atoms with Crippen LogP contribution in [0.4, 0.5) is 0 Å². The largest absolute Gasteiger partial charge is 0.493 e. The van der Waals surface area contributed by atoms with Crippen LogP contribution in [0, 0.1) is 0 Å². The Bertz CT molecular complexity index is 349. The van der Waals surface area contributed by atoms with Gasteiger partial charge in [-0.05, 0) is 31.5 Å². The molecule has 0 aromatic heterocycles. The Morgan fingerprint density at radius 2 is 1.60 bits per heavy atom. The van der Waals surface area contributed by atoms with Crippen LogP contribution in [0.25, 0.3) is 0 Å². The highest BCUT2D eigenvalue weighted by atomic mass is 16.5. The van der Waals surface area contributed by atoms with Crippen molar-refractivity contribution in [1.29, 1.82) is 0 Å². The van der Waals surface area contributed by atoms with Crippen molar-refractivity contribution in [1.82, 2.24) is 5.32 Å². The lowest BCUT2D eigenvalue weighted by atomic mass is 10.3. The molecule has 1 rings (SSSR count). The summed E-state index contributed by atoms with van der Waals surface area (Å²) in [7, 11) is 4.96. The number of hydrogen-bond donors (Lipinski definition) is 1. The molecule has 0 atom stereocenters. The van der Waals surface area contributed by atoms with Crippen molar-refractivity contribution >= 4 is 0 Å². The number of hydrogen-bond acceptors (Lipinski definition) is 5. The molecule has 0 amide bonds. The van der Waals surface area contributed by atoms with Crippen LogP contribution in [0.15, 0.2) is 18.2 Å². The molecule has 114 valence electrons. The summed E-state index contributed by atoms with van der Waals surface area (Å²) in [4.78, 5) is 0. The minimum atomic E-state index is 0.642. The van der Waals surface area contributed by atoms with Crippen molar-refractivity contribution in [3.63, 3.8) is 0 Å². The summed E-state index contributed by atoms with van der Waals surface area (Å²) in [6.07, 6.45) is 2.03. The lowest BCUT2D eigenvalue weighted by molar-refractivity contribution is 0.199. The van der Waals surface area contributed by atoms with Gasteiger partial charge in [-0.15, -0.1) is 0 Å².